The molecule has 114 heavy (non-hydrogen) atoms. The summed E-state index contributed by atoms with van der Waals surface area (Å²) >= 11 is 0. The molecule has 0 saturated heterocycles. The van der Waals surface area contributed by atoms with Gasteiger partial charge in [-0.25, -0.2) is 0 Å². The van der Waals surface area contributed by atoms with Gasteiger partial charge in [0.2, 0.25) is 0 Å². The van der Waals surface area contributed by atoms with Crippen molar-refractivity contribution in [2.45, 2.75) is 41.5 Å². The zero-order valence-corrected chi connectivity index (χ0v) is 65.1. The normalized spacial score (nSPS) is 11.4. The highest BCUT2D eigenvalue weighted by atomic mass is 14.1. The lowest BCUT2D eigenvalue weighted by molar-refractivity contribution is 1.52. The van der Waals surface area contributed by atoms with E-state index in [9.17, 15) is 0 Å². The average molecular weight is 1450 g/mol. The summed E-state index contributed by atoms with van der Waals surface area (Å²) in [5, 5.41) is 43.3. The highest BCUT2D eigenvalue weighted by molar-refractivity contribution is 6.04. The van der Waals surface area contributed by atoms with Gasteiger partial charge < -0.3 is 0 Å². The molecule has 0 aliphatic heterocycles. The van der Waals surface area contributed by atoms with Crippen LogP contribution in [0.25, 0.3) is 194 Å². The lowest BCUT2D eigenvalue weighted by Gasteiger charge is -2.03. The van der Waals surface area contributed by atoms with Gasteiger partial charge in [0.15, 0.2) is 0 Å². The van der Waals surface area contributed by atoms with Crippen LogP contribution in [0.15, 0.2) is 400 Å². The van der Waals surface area contributed by atoms with Gasteiger partial charge in [-0.15, -0.1) is 0 Å². The van der Waals surface area contributed by atoms with Crippen molar-refractivity contribution in [2.75, 3.05) is 0 Å². The van der Waals surface area contributed by atoms with Crippen LogP contribution in [0.1, 0.15) is 33.4 Å². The molecule has 0 N–H and O–H groups in total. The first-order valence-electron chi connectivity index (χ1n) is 39.7. The minimum absolute atomic E-state index is 1.19. The Labute approximate surface area is 664 Å². The van der Waals surface area contributed by atoms with Gasteiger partial charge in [-0.3, -0.25) is 0 Å². The second-order valence-electron chi connectivity index (χ2n) is 31.5. The van der Waals surface area contributed by atoms with Crippen LogP contribution < -0.4 is 0 Å². The number of hydrogen-bond donors (Lipinski definition) is 0. The molecule has 37 aromatic rings. The van der Waals surface area contributed by atoms with E-state index in [2.05, 4.69) is 442 Å². The van der Waals surface area contributed by atoms with Gasteiger partial charge in [0.05, 0.1) is 0 Å². The maximum absolute atomic E-state index is 2.33. The molecule has 0 aliphatic carbocycles. The van der Waals surface area contributed by atoms with Crippen molar-refractivity contribution in [3.8, 4) is 0 Å². The Morgan fingerprint density at radius 2 is 0.123 bits per heavy atom. The van der Waals surface area contributed by atoms with Crippen molar-refractivity contribution < 1.29 is 0 Å². The largest absolute Gasteiger partial charge is 0.0538 e. The lowest BCUT2D eigenvalue weighted by Crippen LogP contribution is -1.78. The Bertz CT molecular complexity index is 6030. The van der Waals surface area contributed by atoms with Crippen LogP contribution in [0.2, 0.25) is 0 Å². The molecule has 37 rings (SSSR count). The number of aryl methyl sites for hydroxylation is 6. The molecule has 36 bridgehead atoms. The summed E-state index contributed by atoms with van der Waals surface area (Å²) in [7, 11) is 0. The second kappa shape index (κ2) is 30.0. The zero-order chi connectivity index (χ0) is 76.9. The van der Waals surface area contributed by atoms with Crippen LogP contribution in [-0.4, -0.2) is 0 Å². The smallest absolute Gasteiger partial charge is 0.0175 e. The van der Waals surface area contributed by atoms with Crippen LogP contribution in [0.3, 0.4) is 0 Å². The summed E-state index contributed by atoms with van der Waals surface area (Å²) in [6.45, 7) is 13.2. The minimum Gasteiger partial charge on any atom is -0.0538 e. The Kier molecular flexibility index (Phi) is 18.5. The third-order valence-electron chi connectivity index (χ3n) is 23.1. The van der Waals surface area contributed by atoms with Crippen molar-refractivity contribution >= 4 is 194 Å². The van der Waals surface area contributed by atoms with Crippen molar-refractivity contribution in [3.05, 3.63) is 434 Å². The molecule has 0 heteroatoms. The van der Waals surface area contributed by atoms with Crippen molar-refractivity contribution in [1.82, 2.24) is 0 Å². The molecule has 0 aromatic heterocycles. The van der Waals surface area contributed by atoms with E-state index in [0.29, 0.717) is 0 Å². The van der Waals surface area contributed by atoms with E-state index >= 15 is 0 Å². The molecule has 0 spiro atoms. The molecule has 0 radical (unpaired) electrons. The molecular weight excluding hydrogens is 1370 g/mol. The van der Waals surface area contributed by atoms with Crippen LogP contribution >= 0.6 is 0 Å². The van der Waals surface area contributed by atoms with E-state index < -0.39 is 0 Å². The molecule has 0 unspecified atom stereocenters. The van der Waals surface area contributed by atoms with E-state index in [1.807, 2.05) is 0 Å². The van der Waals surface area contributed by atoms with Crippen LogP contribution in [0.5, 0.6) is 0 Å². The van der Waals surface area contributed by atoms with Gasteiger partial charge in [0.1, 0.15) is 0 Å². The van der Waals surface area contributed by atoms with Crippen LogP contribution in [-0.2, 0) is 0 Å². The topological polar surface area (TPSA) is 0 Å². The SMILES string of the molecule is Cc1cc2cc(c1)c1ccc(cc1)c1ccc(cc1)c1cc(C)cc(c1)c1ccc(cc1)c1ccc(cc1)c1cc(C)cc(c1)c1ccc(cc1)c1ccc(cc1)c1cc(C)cc(c1)c1ccc(cc1)c1ccc(cc1)c1cc(C)cc(c1)c1ccc(cc1)c1ccc(cc1)c1cc(C)cc(c1)c1ccc(cc1)c1ccc2cc1. The summed E-state index contributed by atoms with van der Waals surface area (Å²) < 4.78 is 0. The summed E-state index contributed by atoms with van der Waals surface area (Å²) in [5.41, 5.74) is 7.40. The number of rotatable bonds is 0. The predicted molar refractivity (Wildman–Crippen MR) is 502 cm³/mol. The van der Waals surface area contributed by atoms with E-state index in [1.165, 1.54) is 227 Å². The molecule has 0 heterocycles. The van der Waals surface area contributed by atoms with Crippen LogP contribution in [0.4, 0.5) is 0 Å². The summed E-state index contributed by atoms with van der Waals surface area (Å²) in [4.78, 5) is 0. The standard InChI is InChI=1S/C114H84/c1-73-55-103-67-104(56-73)92-33-9-80(10-34-92)82-13-37-94(38-14-82)106-58-75(3)60-108(69-106)96-41-17-84(18-42-96)86-21-45-98(46-22-86)110-62-77(5)64-112(71-110)100-49-25-88(26-50-100)90-29-53-102(54-30-90)114-66-78(6)65-113(72-114)101-51-27-89(28-52-101)87-23-47-99(48-24-87)111-63-76(4)61-109(70-111)97-43-19-85(20-44-97)83-15-39-95(40-16-83)107-59-74(2)57-105(68-107)93-35-11-81(12-36-93)79-7-31-91(103)32-8-79/h7-72H,1-6H3. The van der Waals surface area contributed by atoms with Gasteiger partial charge in [-0.05, 0) is 305 Å². The highest BCUT2D eigenvalue weighted by Crippen LogP contribution is 2.33. The molecule has 0 aliphatic rings. The first-order valence-corrected chi connectivity index (χ1v) is 39.7. The molecule has 0 saturated carbocycles. The van der Waals surface area contributed by atoms with Gasteiger partial charge in [-0.1, -0.05) is 364 Å². The zero-order valence-electron chi connectivity index (χ0n) is 65.1. The third-order valence-corrected chi connectivity index (χ3v) is 23.1. The Morgan fingerprint density at radius 3 is 0.184 bits per heavy atom. The number of benzene rings is 18. The Balaban J connectivity index is 0.674. The van der Waals surface area contributed by atoms with Gasteiger partial charge in [0, 0.05) is 0 Å². The number of hydrogen-bond acceptors (Lipinski definition) is 0. The maximum atomic E-state index is 2.33. The molecule has 37 aromatic carbocycles. The third kappa shape index (κ3) is 14.7. The Morgan fingerprint density at radius 1 is 0.0702 bits per heavy atom. The fraction of sp³-hybridized carbons (Fsp3) is 0.0526. The Hall–Kier alpha value is -14.0. The first kappa shape index (κ1) is 70.4. The first-order chi connectivity index (χ1) is 55.8. The van der Waals surface area contributed by atoms with E-state index in [0.717, 1.165) is 0 Å². The molecule has 0 fully saturated rings. The molecule has 0 atom stereocenters. The van der Waals surface area contributed by atoms with Gasteiger partial charge in [0.25, 0.3) is 0 Å². The fourth-order valence-corrected chi connectivity index (χ4v) is 17.0. The molecular formula is C114H84. The molecule has 0 amide bonds. The molecule has 540 valence electrons. The van der Waals surface area contributed by atoms with Crippen molar-refractivity contribution in [3.63, 3.8) is 0 Å². The van der Waals surface area contributed by atoms with Crippen molar-refractivity contribution in [2.24, 2.45) is 0 Å². The maximum Gasteiger partial charge on any atom is -0.0175 e. The van der Waals surface area contributed by atoms with E-state index in [4.69, 9.17) is 0 Å². The van der Waals surface area contributed by atoms with E-state index in [-0.39, 0.29) is 0 Å². The fourth-order valence-electron chi connectivity index (χ4n) is 17.0. The van der Waals surface area contributed by atoms with Crippen molar-refractivity contribution in [1.29, 1.82) is 0 Å². The quantitative estimate of drug-likeness (QED) is 0.142. The molecule has 0 nitrogen and oxygen atoms in total. The lowest BCUT2D eigenvalue weighted by atomic mass is 10.0. The highest BCUT2D eigenvalue weighted by Gasteiger charge is 2.07. The van der Waals surface area contributed by atoms with E-state index in [1.54, 1.807) is 0 Å². The second-order valence-corrected chi connectivity index (χ2v) is 31.5. The van der Waals surface area contributed by atoms with Crippen LogP contribution in [0, 0.1) is 41.5 Å². The minimum atomic E-state index is 1.19. The monoisotopic (exact) mass is 1450 g/mol. The van der Waals surface area contributed by atoms with Gasteiger partial charge in [-0.2, -0.15) is 0 Å². The van der Waals surface area contributed by atoms with Gasteiger partial charge >= 0.3 is 0 Å². The summed E-state index contributed by atoms with van der Waals surface area (Å²) in [6, 6.07) is 150. The predicted octanol–water partition coefficient (Wildman–Crippen LogP) is 32.7. The summed E-state index contributed by atoms with van der Waals surface area (Å²) in [5.74, 6) is 0. The average Bonchev–Trinajstić information content (AvgIpc) is 0.817. The summed E-state index contributed by atoms with van der Waals surface area (Å²) in [6.07, 6.45) is 0.